The summed E-state index contributed by atoms with van der Waals surface area (Å²) in [6, 6.07) is 23.5. The van der Waals surface area contributed by atoms with Gasteiger partial charge in [-0.15, -0.1) is 0 Å². The summed E-state index contributed by atoms with van der Waals surface area (Å²) in [6.07, 6.45) is 3.19. The van der Waals surface area contributed by atoms with Gasteiger partial charge >= 0.3 is 0 Å². The topological polar surface area (TPSA) is 127 Å². The average Bonchev–Trinajstić information content (AvgIpc) is 3.72. The smallest absolute Gasteiger partial charge is 0.274 e. The van der Waals surface area contributed by atoms with Crippen LogP contribution in [0, 0.1) is 5.41 Å². The number of phenols is 1. The molecular formula is C31H23N7O2. The molecule has 0 saturated carbocycles. The number of aromatic nitrogens is 5. The van der Waals surface area contributed by atoms with E-state index in [1.165, 1.54) is 0 Å². The maximum Gasteiger partial charge on any atom is 0.274 e. The van der Waals surface area contributed by atoms with Crippen molar-refractivity contribution in [3.05, 3.63) is 102 Å². The molecule has 4 heterocycles. The molecule has 9 nitrogen and oxygen atoms in total. The molecule has 0 fully saturated rings. The molecule has 9 heteroatoms. The molecule has 0 spiro atoms. The van der Waals surface area contributed by atoms with Crippen LogP contribution >= 0.6 is 0 Å². The first kappa shape index (κ1) is 22.5. The van der Waals surface area contributed by atoms with E-state index in [1.807, 2.05) is 53.1 Å². The van der Waals surface area contributed by atoms with Crippen LogP contribution in [0.2, 0.25) is 0 Å². The van der Waals surface area contributed by atoms with Crippen molar-refractivity contribution in [2.45, 2.75) is 12.5 Å². The monoisotopic (exact) mass is 525 g/mol. The van der Waals surface area contributed by atoms with Gasteiger partial charge in [0.05, 0.1) is 18.3 Å². The molecule has 0 aliphatic carbocycles. The second-order valence-corrected chi connectivity index (χ2v) is 10.3. The zero-order valence-electron chi connectivity index (χ0n) is 21.2. The van der Waals surface area contributed by atoms with Gasteiger partial charge in [0.1, 0.15) is 17.0 Å². The van der Waals surface area contributed by atoms with Gasteiger partial charge in [-0.3, -0.25) is 10.2 Å². The van der Waals surface area contributed by atoms with Gasteiger partial charge in [0.15, 0.2) is 11.1 Å². The normalized spacial score (nSPS) is 15.0. The van der Waals surface area contributed by atoms with Crippen molar-refractivity contribution in [2.24, 2.45) is 0 Å². The van der Waals surface area contributed by atoms with E-state index in [9.17, 15) is 9.90 Å². The Morgan fingerprint density at radius 2 is 1.77 bits per heavy atom. The molecule has 0 unspecified atom stereocenters. The maximum atomic E-state index is 14.1. The highest BCUT2D eigenvalue weighted by Gasteiger charge is 2.36. The molecule has 40 heavy (non-hydrogen) atoms. The molecule has 194 valence electrons. The molecule has 1 amide bonds. The zero-order chi connectivity index (χ0) is 27.0. The highest BCUT2D eigenvalue weighted by Crippen LogP contribution is 2.46. The van der Waals surface area contributed by atoms with Gasteiger partial charge in [-0.2, -0.15) is 0 Å². The van der Waals surface area contributed by atoms with Gasteiger partial charge in [0.2, 0.25) is 0 Å². The number of hydrogen-bond donors (Lipinski definition) is 4. The van der Waals surface area contributed by atoms with E-state index in [2.05, 4.69) is 38.1 Å². The van der Waals surface area contributed by atoms with E-state index >= 15 is 0 Å². The predicted octanol–water partition coefficient (Wildman–Crippen LogP) is 5.18. The van der Waals surface area contributed by atoms with Crippen molar-refractivity contribution in [1.29, 1.82) is 5.41 Å². The summed E-state index contributed by atoms with van der Waals surface area (Å²) in [5.74, 6) is -0.121. The lowest BCUT2D eigenvalue weighted by atomic mass is 9.94. The molecular weight excluding hydrogens is 502 g/mol. The summed E-state index contributed by atoms with van der Waals surface area (Å²) in [7, 11) is 0. The minimum Gasteiger partial charge on any atom is -0.507 e. The summed E-state index contributed by atoms with van der Waals surface area (Å²) in [5.41, 5.74) is 4.42. The number of rotatable bonds is 3. The molecule has 4 N–H and O–H groups in total. The number of amides is 1. The van der Waals surface area contributed by atoms with Gasteiger partial charge < -0.3 is 24.5 Å². The Morgan fingerprint density at radius 3 is 2.65 bits per heavy atom. The minimum absolute atomic E-state index is 0.0991. The lowest BCUT2D eigenvalue weighted by Crippen LogP contribution is -2.31. The Balaban J connectivity index is 1.27. The second-order valence-electron chi connectivity index (χ2n) is 10.3. The maximum absolute atomic E-state index is 14.1. The molecule has 0 bridgehead atoms. The third-order valence-electron chi connectivity index (χ3n) is 8.02. The van der Waals surface area contributed by atoms with Crippen LogP contribution in [0.5, 0.6) is 5.75 Å². The van der Waals surface area contributed by atoms with Crippen LogP contribution in [0.1, 0.15) is 22.0 Å². The highest BCUT2D eigenvalue weighted by molar-refractivity contribution is 6.14. The number of aromatic hydroxyl groups is 1. The summed E-state index contributed by atoms with van der Waals surface area (Å²) in [5, 5.41) is 23.9. The summed E-state index contributed by atoms with van der Waals surface area (Å²) in [4.78, 5) is 30.9. The van der Waals surface area contributed by atoms with Crippen molar-refractivity contribution in [3.8, 4) is 5.75 Å². The molecule has 7 aromatic rings. The van der Waals surface area contributed by atoms with Crippen molar-refractivity contribution in [2.75, 3.05) is 11.4 Å². The van der Waals surface area contributed by atoms with Gasteiger partial charge in [-0.1, -0.05) is 54.6 Å². The van der Waals surface area contributed by atoms with Crippen LogP contribution in [0.3, 0.4) is 0 Å². The Morgan fingerprint density at radius 1 is 0.975 bits per heavy atom. The minimum atomic E-state index is -0.159. The van der Waals surface area contributed by atoms with E-state index in [0.717, 1.165) is 38.0 Å². The predicted molar refractivity (Wildman–Crippen MR) is 154 cm³/mol. The van der Waals surface area contributed by atoms with Crippen molar-refractivity contribution < 1.29 is 9.90 Å². The summed E-state index contributed by atoms with van der Waals surface area (Å²) < 4.78 is 1.92. The molecule has 4 aromatic carbocycles. The van der Waals surface area contributed by atoms with E-state index in [4.69, 9.17) is 5.41 Å². The second kappa shape index (κ2) is 8.28. The zero-order valence-corrected chi connectivity index (χ0v) is 21.2. The molecule has 0 radical (unpaired) electrons. The Hall–Kier alpha value is -5.44. The van der Waals surface area contributed by atoms with Crippen molar-refractivity contribution in [1.82, 2.24) is 24.5 Å². The van der Waals surface area contributed by atoms with Crippen LogP contribution in [0.15, 0.2) is 85.5 Å². The third-order valence-corrected chi connectivity index (χ3v) is 8.02. The first-order valence-electron chi connectivity index (χ1n) is 13.1. The number of carbonyl (C=O) groups is 1. The molecule has 1 aliphatic heterocycles. The molecule has 0 saturated heterocycles. The van der Waals surface area contributed by atoms with E-state index < -0.39 is 0 Å². The SMILES string of the molecule is N=c1ncn(C[C@@H]2CN(C(=O)c3cc4c(ccc5ccccc54)[nH]3)c3cc(O)c4ccccc4c32)c2nc[nH]c12. The number of phenolic OH excluding ortho intramolecular Hbond substituents is 1. The number of imidazole rings is 1. The molecule has 1 atom stereocenters. The van der Waals surface area contributed by atoms with Gasteiger partial charge in [-0.25, -0.2) is 9.97 Å². The van der Waals surface area contributed by atoms with E-state index in [0.29, 0.717) is 35.6 Å². The fourth-order valence-electron chi connectivity index (χ4n) is 6.21. The van der Waals surface area contributed by atoms with Crippen LogP contribution in [0.4, 0.5) is 5.69 Å². The van der Waals surface area contributed by atoms with Crippen LogP contribution in [0.25, 0.3) is 43.6 Å². The number of benzene rings is 4. The molecule has 1 aliphatic rings. The van der Waals surface area contributed by atoms with Crippen molar-refractivity contribution >= 4 is 55.2 Å². The van der Waals surface area contributed by atoms with Crippen LogP contribution in [-0.2, 0) is 6.54 Å². The number of hydrogen-bond acceptors (Lipinski definition) is 5. The number of aromatic amines is 2. The summed E-state index contributed by atoms with van der Waals surface area (Å²) >= 11 is 0. The van der Waals surface area contributed by atoms with Crippen LogP contribution < -0.4 is 10.4 Å². The number of nitrogens with zero attached hydrogens (tertiary/aromatic N) is 4. The van der Waals surface area contributed by atoms with E-state index in [-0.39, 0.29) is 23.1 Å². The van der Waals surface area contributed by atoms with Crippen molar-refractivity contribution in [3.63, 3.8) is 0 Å². The Kier molecular flexibility index (Phi) is 4.66. The number of H-pyrrole nitrogens is 2. The van der Waals surface area contributed by atoms with E-state index in [1.54, 1.807) is 23.6 Å². The Labute approximate surface area is 226 Å². The first-order chi connectivity index (χ1) is 19.6. The third kappa shape index (κ3) is 3.21. The largest absolute Gasteiger partial charge is 0.507 e. The number of nitrogens with one attached hydrogen (secondary N) is 3. The fraction of sp³-hybridized carbons (Fsp3) is 0.0968. The average molecular weight is 526 g/mol. The number of carbonyl (C=O) groups excluding carboxylic acids is 1. The standard InChI is InChI=1S/C31H23N7O2/c32-29-28-30(34-15-33-28)37(16-35-29)13-18-14-38(25-12-26(39)20-7-3-4-8-21(20)27(18)25)31(40)24-11-22-19-6-2-1-5-17(19)9-10-23(22)36-24/h1-12,15-16,18,32,36,39H,13-14H2,(H,33,34)/t18-/m1/s1. The van der Waals surface area contributed by atoms with Crippen LogP contribution in [-0.4, -0.2) is 42.1 Å². The lowest BCUT2D eigenvalue weighted by molar-refractivity contribution is 0.0984. The fourth-order valence-corrected chi connectivity index (χ4v) is 6.21. The summed E-state index contributed by atoms with van der Waals surface area (Å²) in [6.45, 7) is 0.913. The van der Waals surface area contributed by atoms with Gasteiger partial charge in [0.25, 0.3) is 5.91 Å². The first-order valence-corrected chi connectivity index (χ1v) is 13.1. The number of anilines is 1. The molecule has 3 aromatic heterocycles. The highest BCUT2D eigenvalue weighted by atomic mass is 16.3. The number of fused-ring (bicyclic) bond motifs is 7. The lowest BCUT2D eigenvalue weighted by Gasteiger charge is -2.18. The van der Waals surface area contributed by atoms with Gasteiger partial charge in [-0.05, 0) is 33.9 Å². The Bertz CT molecular complexity index is 2210. The quantitative estimate of drug-likeness (QED) is 0.254. The molecule has 8 rings (SSSR count). The van der Waals surface area contributed by atoms with Gasteiger partial charge in [0, 0.05) is 41.4 Å².